The Bertz CT molecular complexity index is 537. The summed E-state index contributed by atoms with van der Waals surface area (Å²) in [5, 5.41) is 0. The molecule has 0 heterocycles. The summed E-state index contributed by atoms with van der Waals surface area (Å²) in [4.78, 5) is 0.285. The van der Waals surface area contributed by atoms with Crippen molar-refractivity contribution in [2.75, 3.05) is 19.7 Å². The Balaban J connectivity index is 2.93. The fourth-order valence-corrected chi connectivity index (χ4v) is 3.46. The van der Waals surface area contributed by atoms with Crippen molar-refractivity contribution < 1.29 is 13.2 Å². The van der Waals surface area contributed by atoms with E-state index >= 15 is 0 Å². The molecular formula is C15H21NO3S. The number of hydrogen-bond acceptors (Lipinski definition) is 3. The molecule has 0 amide bonds. The third-order valence-electron chi connectivity index (χ3n) is 2.73. The van der Waals surface area contributed by atoms with Crippen molar-refractivity contribution in [1.29, 1.82) is 0 Å². The molecule has 0 atom stereocenters. The Morgan fingerprint density at radius 3 is 2.15 bits per heavy atom. The lowest BCUT2D eigenvalue weighted by Crippen LogP contribution is -2.32. The Morgan fingerprint density at radius 1 is 1.15 bits per heavy atom. The van der Waals surface area contributed by atoms with Crippen molar-refractivity contribution in [1.82, 2.24) is 4.31 Å². The van der Waals surface area contributed by atoms with Crippen molar-refractivity contribution in [2.45, 2.75) is 31.6 Å². The monoisotopic (exact) mass is 295 g/mol. The second-order valence-corrected chi connectivity index (χ2v) is 6.31. The molecule has 0 aliphatic rings. The van der Waals surface area contributed by atoms with E-state index in [4.69, 9.17) is 11.2 Å². The van der Waals surface area contributed by atoms with Crippen LogP contribution in [-0.4, -0.2) is 32.4 Å². The predicted octanol–water partition coefficient (Wildman–Crippen LogP) is 2.51. The average Bonchev–Trinajstić information content (AvgIpc) is 2.45. The molecule has 0 unspecified atom stereocenters. The van der Waals surface area contributed by atoms with Crippen LogP contribution in [0.5, 0.6) is 5.75 Å². The van der Waals surface area contributed by atoms with Gasteiger partial charge in [0.1, 0.15) is 12.4 Å². The zero-order valence-electron chi connectivity index (χ0n) is 12.0. The summed E-state index contributed by atoms with van der Waals surface area (Å²) in [5.41, 5.74) is 0. The average molecular weight is 295 g/mol. The van der Waals surface area contributed by atoms with Crippen molar-refractivity contribution >= 4 is 10.0 Å². The molecule has 1 rings (SSSR count). The van der Waals surface area contributed by atoms with Gasteiger partial charge in [0.25, 0.3) is 0 Å². The van der Waals surface area contributed by atoms with Gasteiger partial charge in [-0.2, -0.15) is 4.31 Å². The minimum Gasteiger partial charge on any atom is -0.481 e. The topological polar surface area (TPSA) is 46.6 Å². The van der Waals surface area contributed by atoms with Crippen LogP contribution in [0, 0.1) is 12.3 Å². The zero-order chi connectivity index (χ0) is 15.0. The maximum Gasteiger partial charge on any atom is 0.243 e. The third-order valence-corrected chi connectivity index (χ3v) is 4.64. The minimum atomic E-state index is -3.43. The third kappa shape index (κ3) is 4.26. The SMILES string of the molecule is C#CCOc1ccc(S(=O)(=O)N(CCC)CCC)cc1. The van der Waals surface area contributed by atoms with E-state index in [1.165, 1.54) is 4.31 Å². The van der Waals surface area contributed by atoms with Crippen LogP contribution in [0.2, 0.25) is 0 Å². The second-order valence-electron chi connectivity index (χ2n) is 4.37. The van der Waals surface area contributed by atoms with Crippen molar-refractivity contribution in [2.24, 2.45) is 0 Å². The van der Waals surface area contributed by atoms with Crippen LogP contribution in [0.15, 0.2) is 29.2 Å². The van der Waals surface area contributed by atoms with E-state index in [0.717, 1.165) is 12.8 Å². The van der Waals surface area contributed by atoms with Crippen LogP contribution in [0.4, 0.5) is 0 Å². The molecule has 1 aromatic carbocycles. The second kappa shape index (κ2) is 7.93. The highest BCUT2D eigenvalue weighted by molar-refractivity contribution is 7.89. The fraction of sp³-hybridized carbons (Fsp3) is 0.467. The van der Waals surface area contributed by atoms with Crippen molar-refractivity contribution in [3.63, 3.8) is 0 Å². The molecule has 5 heteroatoms. The highest BCUT2D eigenvalue weighted by atomic mass is 32.2. The van der Waals surface area contributed by atoms with Crippen LogP contribution in [0.3, 0.4) is 0 Å². The van der Waals surface area contributed by atoms with Gasteiger partial charge in [0, 0.05) is 13.1 Å². The van der Waals surface area contributed by atoms with E-state index in [-0.39, 0.29) is 11.5 Å². The van der Waals surface area contributed by atoms with E-state index in [1.807, 2.05) is 13.8 Å². The van der Waals surface area contributed by atoms with Gasteiger partial charge in [-0.15, -0.1) is 6.42 Å². The first-order chi connectivity index (χ1) is 9.56. The Hall–Kier alpha value is -1.51. The molecule has 20 heavy (non-hydrogen) atoms. The van der Waals surface area contributed by atoms with Gasteiger partial charge in [-0.05, 0) is 37.1 Å². The van der Waals surface area contributed by atoms with Gasteiger partial charge < -0.3 is 4.74 Å². The van der Waals surface area contributed by atoms with Gasteiger partial charge in [-0.3, -0.25) is 0 Å². The fourth-order valence-electron chi connectivity index (χ4n) is 1.83. The van der Waals surface area contributed by atoms with Crippen molar-refractivity contribution in [3.05, 3.63) is 24.3 Å². The van der Waals surface area contributed by atoms with Crippen LogP contribution < -0.4 is 4.74 Å². The number of terminal acetylenes is 1. The Labute approximate surface area is 121 Å². The van der Waals surface area contributed by atoms with Gasteiger partial charge in [0.05, 0.1) is 4.90 Å². The first-order valence-electron chi connectivity index (χ1n) is 6.72. The summed E-state index contributed by atoms with van der Waals surface area (Å²) in [7, 11) is -3.43. The molecular weight excluding hydrogens is 274 g/mol. The molecule has 0 radical (unpaired) electrons. The predicted molar refractivity (Wildman–Crippen MR) is 80.1 cm³/mol. The molecule has 0 spiro atoms. The smallest absolute Gasteiger partial charge is 0.243 e. The highest BCUT2D eigenvalue weighted by Crippen LogP contribution is 2.20. The Kier molecular flexibility index (Phi) is 6.56. The molecule has 0 saturated heterocycles. The van der Waals surface area contributed by atoms with E-state index < -0.39 is 10.0 Å². The molecule has 0 fully saturated rings. The number of benzene rings is 1. The largest absolute Gasteiger partial charge is 0.481 e. The number of hydrogen-bond donors (Lipinski definition) is 0. The van der Waals surface area contributed by atoms with E-state index in [0.29, 0.717) is 18.8 Å². The number of nitrogens with zero attached hydrogens (tertiary/aromatic N) is 1. The van der Waals surface area contributed by atoms with Gasteiger partial charge in [-0.1, -0.05) is 19.8 Å². The Morgan fingerprint density at radius 2 is 1.70 bits per heavy atom. The summed E-state index contributed by atoms with van der Waals surface area (Å²) in [6, 6.07) is 6.36. The molecule has 1 aromatic rings. The summed E-state index contributed by atoms with van der Waals surface area (Å²) in [6.45, 7) is 5.17. The van der Waals surface area contributed by atoms with E-state index in [1.54, 1.807) is 24.3 Å². The molecule has 0 bridgehead atoms. The molecule has 4 nitrogen and oxygen atoms in total. The summed E-state index contributed by atoms with van der Waals surface area (Å²) >= 11 is 0. The first-order valence-corrected chi connectivity index (χ1v) is 8.16. The van der Waals surface area contributed by atoms with Crippen LogP contribution >= 0.6 is 0 Å². The lowest BCUT2D eigenvalue weighted by Gasteiger charge is -2.21. The van der Waals surface area contributed by atoms with Gasteiger partial charge in [0.2, 0.25) is 10.0 Å². The molecule has 110 valence electrons. The lowest BCUT2D eigenvalue weighted by molar-refractivity contribution is 0.370. The number of rotatable bonds is 8. The highest BCUT2D eigenvalue weighted by Gasteiger charge is 2.22. The van der Waals surface area contributed by atoms with E-state index in [2.05, 4.69) is 5.92 Å². The maximum atomic E-state index is 12.5. The minimum absolute atomic E-state index is 0.171. The van der Waals surface area contributed by atoms with Crippen LogP contribution in [0.1, 0.15) is 26.7 Å². The molecule has 0 saturated carbocycles. The quantitative estimate of drug-likeness (QED) is 0.692. The molecule has 0 aromatic heterocycles. The zero-order valence-corrected chi connectivity index (χ0v) is 12.8. The van der Waals surface area contributed by atoms with Crippen molar-refractivity contribution in [3.8, 4) is 18.1 Å². The van der Waals surface area contributed by atoms with Gasteiger partial charge in [0.15, 0.2) is 0 Å². The molecule has 0 aliphatic carbocycles. The van der Waals surface area contributed by atoms with Gasteiger partial charge in [-0.25, -0.2) is 8.42 Å². The normalized spacial score (nSPS) is 11.3. The lowest BCUT2D eigenvalue weighted by atomic mass is 10.3. The molecule has 0 aliphatic heterocycles. The maximum absolute atomic E-state index is 12.5. The first kappa shape index (κ1) is 16.5. The number of sulfonamides is 1. The summed E-state index contributed by atoms with van der Waals surface area (Å²) in [5.74, 6) is 2.93. The summed E-state index contributed by atoms with van der Waals surface area (Å²) in [6.07, 6.45) is 6.69. The van der Waals surface area contributed by atoms with Crippen LogP contribution in [0.25, 0.3) is 0 Å². The van der Waals surface area contributed by atoms with Gasteiger partial charge >= 0.3 is 0 Å². The number of ether oxygens (including phenoxy) is 1. The van der Waals surface area contributed by atoms with Crippen LogP contribution in [-0.2, 0) is 10.0 Å². The summed E-state index contributed by atoms with van der Waals surface area (Å²) < 4.78 is 31.7. The van der Waals surface area contributed by atoms with E-state index in [9.17, 15) is 8.42 Å². The standard InChI is InChI=1S/C15H21NO3S/c1-4-11-16(12-5-2)20(17,18)15-9-7-14(8-10-15)19-13-6-3/h3,7-10H,4-5,11-13H2,1-2H3. The molecule has 0 N–H and O–H groups in total.